The predicted molar refractivity (Wildman–Crippen MR) is 117 cm³/mol. The lowest BCUT2D eigenvalue weighted by Crippen LogP contribution is -2.13. The van der Waals surface area contributed by atoms with Crippen molar-refractivity contribution in [1.82, 2.24) is 4.98 Å². The molecule has 0 radical (unpaired) electrons. The van der Waals surface area contributed by atoms with Gasteiger partial charge < -0.3 is 15.0 Å². The molecule has 1 heterocycles. The normalized spacial score (nSPS) is 10.6. The van der Waals surface area contributed by atoms with Gasteiger partial charge in [0.1, 0.15) is 17.2 Å². The summed E-state index contributed by atoms with van der Waals surface area (Å²) >= 11 is 12.6. The first-order valence-corrected chi connectivity index (χ1v) is 9.63. The maximum atomic E-state index is 12.8. The summed E-state index contributed by atoms with van der Waals surface area (Å²) in [6, 6.07) is 23.7. The molecule has 0 aliphatic carbocycles. The van der Waals surface area contributed by atoms with Crippen LogP contribution in [-0.2, 0) is 0 Å². The van der Waals surface area contributed by atoms with E-state index in [0.717, 1.165) is 5.75 Å². The number of carbonyl (C=O) groups is 1. The highest BCUT2D eigenvalue weighted by atomic mass is 35.5. The van der Waals surface area contributed by atoms with Gasteiger partial charge in [0.2, 0.25) is 0 Å². The Hall–Kier alpha value is -3.21. The maximum Gasteiger partial charge on any atom is 0.272 e. The zero-order chi connectivity index (χ0) is 20.2. The van der Waals surface area contributed by atoms with Crippen LogP contribution in [0.25, 0.3) is 11.1 Å². The number of ether oxygens (including phenoxy) is 1. The van der Waals surface area contributed by atoms with Crippen molar-refractivity contribution in [1.29, 1.82) is 0 Å². The number of amides is 1. The molecule has 6 heteroatoms. The van der Waals surface area contributed by atoms with Gasteiger partial charge in [-0.2, -0.15) is 0 Å². The van der Waals surface area contributed by atoms with Crippen LogP contribution in [0.4, 0.5) is 5.69 Å². The molecule has 0 fully saturated rings. The van der Waals surface area contributed by atoms with E-state index in [-0.39, 0.29) is 5.91 Å². The van der Waals surface area contributed by atoms with E-state index < -0.39 is 0 Å². The Morgan fingerprint density at radius 2 is 1.45 bits per heavy atom. The molecule has 1 amide bonds. The van der Waals surface area contributed by atoms with Gasteiger partial charge in [-0.05, 0) is 54.6 Å². The van der Waals surface area contributed by atoms with Crippen LogP contribution in [0.2, 0.25) is 10.0 Å². The highest BCUT2D eigenvalue weighted by Crippen LogP contribution is 2.36. The van der Waals surface area contributed by atoms with Gasteiger partial charge in [-0.25, -0.2) is 0 Å². The summed E-state index contributed by atoms with van der Waals surface area (Å²) < 4.78 is 5.77. The Morgan fingerprint density at radius 3 is 2.14 bits per heavy atom. The third-order valence-electron chi connectivity index (χ3n) is 4.30. The van der Waals surface area contributed by atoms with E-state index in [4.69, 9.17) is 27.9 Å². The quantitative estimate of drug-likeness (QED) is 0.362. The third-order valence-corrected chi connectivity index (χ3v) is 4.93. The number of carbonyl (C=O) groups excluding carboxylic acids is 1. The molecule has 0 bridgehead atoms. The lowest BCUT2D eigenvalue weighted by Gasteiger charge is -2.10. The highest BCUT2D eigenvalue weighted by Gasteiger charge is 2.18. The van der Waals surface area contributed by atoms with Crippen molar-refractivity contribution in [3.05, 3.63) is 101 Å². The molecule has 3 aromatic carbocycles. The van der Waals surface area contributed by atoms with Crippen molar-refractivity contribution in [2.24, 2.45) is 0 Å². The van der Waals surface area contributed by atoms with E-state index in [0.29, 0.717) is 38.3 Å². The second-order valence-electron chi connectivity index (χ2n) is 6.26. The largest absolute Gasteiger partial charge is 0.457 e. The predicted octanol–water partition coefficient (Wildman–Crippen LogP) is 7.03. The fourth-order valence-electron chi connectivity index (χ4n) is 2.95. The van der Waals surface area contributed by atoms with Crippen LogP contribution < -0.4 is 10.1 Å². The van der Waals surface area contributed by atoms with Crippen molar-refractivity contribution in [2.75, 3.05) is 5.32 Å². The minimum atomic E-state index is -0.294. The van der Waals surface area contributed by atoms with Gasteiger partial charge in [0.05, 0.1) is 0 Å². The second-order valence-corrected chi connectivity index (χ2v) is 7.07. The molecule has 0 saturated carbocycles. The molecule has 4 nitrogen and oxygen atoms in total. The fourth-order valence-corrected chi connectivity index (χ4v) is 3.55. The maximum absolute atomic E-state index is 12.8. The van der Waals surface area contributed by atoms with Crippen LogP contribution in [0.1, 0.15) is 10.5 Å². The summed E-state index contributed by atoms with van der Waals surface area (Å²) in [5.74, 6) is 1.13. The van der Waals surface area contributed by atoms with Gasteiger partial charge in [0.15, 0.2) is 0 Å². The molecule has 4 rings (SSSR count). The number of anilines is 1. The topological polar surface area (TPSA) is 54.1 Å². The van der Waals surface area contributed by atoms with Gasteiger partial charge >= 0.3 is 0 Å². The lowest BCUT2D eigenvalue weighted by atomic mass is 10.1. The van der Waals surface area contributed by atoms with Gasteiger partial charge in [0.25, 0.3) is 5.91 Å². The van der Waals surface area contributed by atoms with Crippen molar-refractivity contribution in [2.45, 2.75) is 0 Å². The number of nitrogens with one attached hydrogen (secondary N) is 2. The molecule has 2 N–H and O–H groups in total. The summed E-state index contributed by atoms with van der Waals surface area (Å²) in [5.41, 5.74) is 2.28. The van der Waals surface area contributed by atoms with Crippen molar-refractivity contribution < 1.29 is 9.53 Å². The number of benzene rings is 3. The molecule has 29 heavy (non-hydrogen) atoms. The van der Waals surface area contributed by atoms with Crippen LogP contribution >= 0.6 is 23.2 Å². The summed E-state index contributed by atoms with van der Waals surface area (Å²) in [7, 11) is 0. The Bertz CT molecular complexity index is 1120. The van der Waals surface area contributed by atoms with Gasteiger partial charge in [-0.1, -0.05) is 47.5 Å². The van der Waals surface area contributed by atoms with Crippen LogP contribution in [0.3, 0.4) is 0 Å². The number of H-pyrrole nitrogens is 1. The standard InChI is InChI=1S/C23H16Cl2N2O2/c24-19-7-4-8-20(25)21(19)18-13-14-26-22(18)23(28)27-15-9-11-17(12-10-15)29-16-5-2-1-3-6-16/h1-14,26H,(H,27,28). The second kappa shape index (κ2) is 8.43. The lowest BCUT2D eigenvalue weighted by molar-refractivity contribution is 0.102. The summed E-state index contributed by atoms with van der Waals surface area (Å²) in [6.07, 6.45) is 1.68. The van der Waals surface area contributed by atoms with Crippen LogP contribution in [0.15, 0.2) is 85.1 Å². The first-order valence-electron chi connectivity index (χ1n) is 8.88. The Balaban J connectivity index is 1.52. The number of hydrogen-bond acceptors (Lipinski definition) is 2. The Kier molecular flexibility index (Phi) is 5.56. The van der Waals surface area contributed by atoms with Crippen LogP contribution in [0, 0.1) is 0 Å². The Labute approximate surface area is 178 Å². The number of rotatable bonds is 5. The van der Waals surface area contributed by atoms with E-state index in [9.17, 15) is 4.79 Å². The number of aromatic nitrogens is 1. The molecule has 0 atom stereocenters. The van der Waals surface area contributed by atoms with E-state index in [2.05, 4.69) is 10.3 Å². The smallest absolute Gasteiger partial charge is 0.272 e. The zero-order valence-corrected chi connectivity index (χ0v) is 16.7. The molecule has 0 aliphatic heterocycles. The Morgan fingerprint density at radius 1 is 0.793 bits per heavy atom. The third kappa shape index (κ3) is 4.29. The monoisotopic (exact) mass is 422 g/mol. The minimum Gasteiger partial charge on any atom is -0.457 e. The summed E-state index contributed by atoms with van der Waals surface area (Å²) in [5, 5.41) is 3.83. The number of hydrogen-bond donors (Lipinski definition) is 2. The fraction of sp³-hybridized carbons (Fsp3) is 0. The molecule has 0 unspecified atom stereocenters. The number of halogens is 2. The average Bonchev–Trinajstić information content (AvgIpc) is 3.20. The minimum absolute atomic E-state index is 0.294. The number of aromatic amines is 1. The van der Waals surface area contributed by atoms with Crippen LogP contribution in [0.5, 0.6) is 11.5 Å². The van der Waals surface area contributed by atoms with Crippen molar-refractivity contribution in [3.63, 3.8) is 0 Å². The van der Waals surface area contributed by atoms with E-state index in [1.807, 2.05) is 30.3 Å². The van der Waals surface area contributed by atoms with Gasteiger partial charge in [-0.3, -0.25) is 4.79 Å². The van der Waals surface area contributed by atoms with E-state index in [1.54, 1.807) is 54.7 Å². The van der Waals surface area contributed by atoms with Crippen molar-refractivity contribution >= 4 is 34.8 Å². The molecule has 144 valence electrons. The number of para-hydroxylation sites is 1. The SMILES string of the molecule is O=C(Nc1ccc(Oc2ccccc2)cc1)c1[nH]ccc1-c1c(Cl)cccc1Cl. The molecule has 0 aliphatic rings. The first kappa shape index (κ1) is 19.1. The highest BCUT2D eigenvalue weighted by molar-refractivity contribution is 6.39. The average molecular weight is 423 g/mol. The van der Waals surface area contributed by atoms with Crippen LogP contribution in [-0.4, -0.2) is 10.9 Å². The molecule has 4 aromatic rings. The molecular weight excluding hydrogens is 407 g/mol. The van der Waals surface area contributed by atoms with E-state index in [1.165, 1.54) is 0 Å². The zero-order valence-electron chi connectivity index (χ0n) is 15.2. The molecule has 0 saturated heterocycles. The van der Waals surface area contributed by atoms with E-state index >= 15 is 0 Å². The summed E-state index contributed by atoms with van der Waals surface area (Å²) in [4.78, 5) is 15.8. The molecule has 1 aromatic heterocycles. The molecular formula is C23H16Cl2N2O2. The summed E-state index contributed by atoms with van der Waals surface area (Å²) in [6.45, 7) is 0. The molecule has 0 spiro atoms. The van der Waals surface area contributed by atoms with Gasteiger partial charge in [0, 0.05) is 33.1 Å². The van der Waals surface area contributed by atoms with Crippen molar-refractivity contribution in [3.8, 4) is 22.6 Å². The van der Waals surface area contributed by atoms with Gasteiger partial charge in [-0.15, -0.1) is 0 Å². The first-order chi connectivity index (χ1) is 14.1.